The van der Waals surface area contributed by atoms with Gasteiger partial charge >= 0.3 is 12.1 Å². The van der Waals surface area contributed by atoms with Crippen LogP contribution < -0.4 is 21.3 Å². The van der Waals surface area contributed by atoms with Crippen molar-refractivity contribution in [1.29, 1.82) is 0 Å². The van der Waals surface area contributed by atoms with Crippen LogP contribution in [-0.4, -0.2) is 426 Å². The summed E-state index contributed by atoms with van der Waals surface area (Å²) in [5, 5.41) is 50.0. The summed E-state index contributed by atoms with van der Waals surface area (Å²) in [4.78, 5) is 87.9. The largest absolute Gasteiger partial charge is 0.444 e. The molecule has 0 atom stereocenters. The molecule has 47 heteroatoms. The van der Waals surface area contributed by atoms with Crippen molar-refractivity contribution in [2.45, 2.75) is 65.9 Å². The van der Waals surface area contributed by atoms with Crippen molar-refractivity contribution >= 4 is 35.8 Å². The van der Waals surface area contributed by atoms with Crippen LogP contribution >= 0.6 is 0 Å². The number of hydrogen-bond acceptors (Lipinski definition) is 36. The fourth-order valence-corrected chi connectivity index (χ4v) is 10.6. The number of nitrogens with one attached hydrogen (secondary N) is 4. The molecule has 0 saturated heterocycles. The Balaban J connectivity index is 1.18. The highest BCUT2D eigenvalue weighted by atomic mass is 16.6. The van der Waals surface area contributed by atoms with Gasteiger partial charge in [-0.25, -0.2) is 9.59 Å². The average molecular weight is 1830 g/mol. The smallest absolute Gasteiger partial charge is 0.407 e. The molecule has 0 radical (unpaired) electrons. The molecule has 0 aliphatic carbocycles. The summed E-state index contributed by atoms with van der Waals surface area (Å²) >= 11 is 0. The van der Waals surface area contributed by atoms with Gasteiger partial charge in [0.1, 0.15) is 5.60 Å². The first kappa shape index (κ1) is 112. The van der Waals surface area contributed by atoms with Crippen LogP contribution in [0.15, 0.2) is 58.8 Å². The average Bonchev–Trinajstić information content (AvgIpc) is 0.857. The van der Waals surface area contributed by atoms with Crippen molar-refractivity contribution in [2.75, 3.05) is 330 Å². The monoisotopic (exact) mass is 1830 g/mol. The lowest BCUT2D eigenvalue weighted by Crippen LogP contribution is -2.44. The lowest BCUT2D eigenvalue weighted by atomic mass is 10.1. The highest BCUT2D eigenvalue weighted by molar-refractivity contribution is 5.79. The van der Waals surface area contributed by atoms with E-state index in [9.17, 15) is 28.8 Å². The maximum absolute atomic E-state index is 13.7. The number of aryl methyl sites for hydroxylation is 2. The lowest BCUT2D eigenvalue weighted by molar-refractivity contribution is -0.135. The minimum absolute atomic E-state index is 0.0670. The molecular weight excluding hydrogens is 1700 g/mol. The Morgan fingerprint density at radius 3 is 0.853 bits per heavy atom. The van der Waals surface area contributed by atoms with Crippen LogP contribution in [0.2, 0.25) is 0 Å². The quantitative estimate of drug-likeness (QED) is 0.0214. The van der Waals surface area contributed by atoms with E-state index in [0.717, 1.165) is 22.3 Å². The number of ether oxygens (including phenoxy) is 20. The molecule has 47 nitrogen and oxygen atoms in total. The lowest BCUT2D eigenvalue weighted by Gasteiger charge is -2.23. The van der Waals surface area contributed by atoms with Gasteiger partial charge < -0.3 is 131 Å². The third-order valence-corrected chi connectivity index (χ3v) is 17.1. The van der Waals surface area contributed by atoms with Crippen molar-refractivity contribution in [3.63, 3.8) is 0 Å². The van der Waals surface area contributed by atoms with E-state index in [1.165, 1.54) is 0 Å². The van der Waals surface area contributed by atoms with Crippen molar-refractivity contribution < 1.29 is 124 Å². The second-order valence-corrected chi connectivity index (χ2v) is 28.4. The van der Waals surface area contributed by atoms with Crippen molar-refractivity contribution in [2.24, 2.45) is 10.2 Å². The minimum Gasteiger partial charge on any atom is -0.444 e. The first-order valence-electron chi connectivity index (χ1n) is 43.4. The maximum atomic E-state index is 13.7. The highest BCUT2D eigenvalue weighted by Crippen LogP contribution is 2.17. The predicted octanol–water partition coefficient (Wildman–Crippen LogP) is 2.72. The van der Waals surface area contributed by atoms with Gasteiger partial charge in [-0.05, 0) is 56.8 Å². The molecule has 0 spiro atoms. The molecule has 129 heavy (non-hydrogen) atoms. The topological polar surface area (TPSA) is 546 Å². The van der Waals surface area contributed by atoms with Crippen LogP contribution in [0.25, 0.3) is 43.7 Å². The van der Waals surface area contributed by atoms with E-state index in [1.54, 1.807) is 49.3 Å². The molecule has 0 aliphatic rings. The number of amides is 7. The Kier molecular flexibility index (Phi) is 67.1. The molecule has 0 unspecified atom stereocenters. The highest BCUT2D eigenvalue weighted by Gasteiger charge is 2.20. The summed E-state index contributed by atoms with van der Waals surface area (Å²) in [6.45, 7) is 21.9. The van der Waals surface area contributed by atoms with Crippen LogP contribution in [0.1, 0.15) is 56.4 Å². The second kappa shape index (κ2) is 77.4. The van der Waals surface area contributed by atoms with Crippen LogP contribution in [-0.2, 0) is 127 Å². The zero-order chi connectivity index (χ0) is 92.6. The molecule has 2 aromatic carbocycles. The standard InChI is InChI=1S/C82H135N21O26/c1-68-91-95-78(96-92-68)72-10-6-70(7-11-72)66-74(104)85-16-30-112-44-56-125-62-52-118-36-22-101(23-37-119-53-63-126-57-45-113-31-17-86-75(105)67-71-8-12-73(13-9-71)79-97-93-69(2)94-98-79)76(106)14-28-110-42-50-122-40-26-103(80(108)87-18-32-114-46-58-124-59-47-115-33-19-88-81(109)129-82(3,4)5)27-41-123-51-43-111-29-15-77(107)102(24-38-120-54-64-127-60-48-116-34-20-89-99-83)25-39-121-55-65-128-61-49-117-35-21-90-100-84/h6-13H,14-67H2,1-5H3,(H,85,104)(H,86,105)(H,87,108)(H,88,109). The summed E-state index contributed by atoms with van der Waals surface area (Å²) in [7, 11) is 0. The SMILES string of the molecule is Cc1nnc(-c2ccc(CC(=O)NCCOCCOCCOCCN(CCOCCOCCOCCNC(=O)Cc3ccc(-c4nnc(C)nn4)cc3)C(=O)CCOCCOCCN(CCOCCOCCC(=O)N(CCOCCOCCOCCN=[N+]=[N-])CCOCCOCCOCCN=[N+]=[N-])C(=O)NCCOCCOCCOCCNC(=O)OC(C)(C)C)cc2)nn1. The normalized spacial score (nSPS) is 11.3. The number of alkyl carbamates (subject to hydrolysis) is 1. The number of azide groups is 2. The Morgan fingerprint density at radius 2 is 0.566 bits per heavy atom. The molecular formula is C82H135N21O26. The minimum atomic E-state index is -0.599. The Morgan fingerprint density at radius 1 is 0.318 bits per heavy atom. The van der Waals surface area contributed by atoms with E-state index in [2.05, 4.69) is 82.1 Å². The summed E-state index contributed by atoms with van der Waals surface area (Å²) in [6.07, 6.45) is 0.0205. The number of rotatable bonds is 84. The van der Waals surface area contributed by atoms with E-state index in [-0.39, 0.29) is 233 Å². The second-order valence-electron chi connectivity index (χ2n) is 28.4. The van der Waals surface area contributed by atoms with E-state index in [0.29, 0.717) is 175 Å². The zero-order valence-electron chi connectivity index (χ0n) is 75.5. The van der Waals surface area contributed by atoms with E-state index in [4.69, 9.17) is 106 Å². The van der Waals surface area contributed by atoms with Gasteiger partial charge in [0.25, 0.3) is 0 Å². The molecule has 4 N–H and O–H groups in total. The van der Waals surface area contributed by atoms with Crippen molar-refractivity contribution in [3.05, 3.63) is 92.2 Å². The number of carbonyl (C=O) groups excluding carboxylic acids is 6. The molecule has 4 aromatic rings. The molecule has 724 valence electrons. The zero-order valence-corrected chi connectivity index (χ0v) is 75.5. The Bertz CT molecular complexity index is 3460. The number of urea groups is 1. The number of nitrogens with zero attached hydrogens (tertiary/aromatic N) is 17. The number of hydrogen-bond donors (Lipinski definition) is 4. The van der Waals surface area contributed by atoms with Gasteiger partial charge in [-0.1, -0.05) is 58.8 Å². The van der Waals surface area contributed by atoms with Crippen LogP contribution in [0.5, 0.6) is 0 Å². The van der Waals surface area contributed by atoms with Gasteiger partial charge in [0.05, 0.1) is 277 Å². The molecule has 2 heterocycles. The fourth-order valence-electron chi connectivity index (χ4n) is 10.6. The van der Waals surface area contributed by atoms with Gasteiger partial charge in [0.2, 0.25) is 35.3 Å². The predicted molar refractivity (Wildman–Crippen MR) is 464 cm³/mol. The molecule has 0 fully saturated rings. The van der Waals surface area contributed by atoms with Crippen LogP contribution in [0.4, 0.5) is 9.59 Å². The Labute approximate surface area is 753 Å². The van der Waals surface area contributed by atoms with Gasteiger partial charge in [-0.15, -0.1) is 40.8 Å². The summed E-state index contributed by atoms with van der Waals surface area (Å²) in [5.41, 5.74) is 19.3. The van der Waals surface area contributed by atoms with Crippen LogP contribution in [0.3, 0.4) is 0 Å². The van der Waals surface area contributed by atoms with E-state index < -0.39 is 11.7 Å². The fraction of sp³-hybridized carbons (Fsp3) is 0.732. The molecule has 7 amide bonds. The van der Waals surface area contributed by atoms with Gasteiger partial charge in [0.15, 0.2) is 11.6 Å². The third kappa shape index (κ3) is 63.3. The Hall–Kier alpha value is -9.40. The molecule has 0 saturated carbocycles. The van der Waals surface area contributed by atoms with E-state index >= 15 is 0 Å². The first-order valence-corrected chi connectivity index (χ1v) is 43.4. The van der Waals surface area contributed by atoms with Crippen molar-refractivity contribution in [1.82, 2.24) is 76.8 Å². The molecule has 4 rings (SSSR count). The number of carbonyl (C=O) groups is 6. The van der Waals surface area contributed by atoms with E-state index in [1.807, 2.05) is 48.5 Å². The summed E-state index contributed by atoms with van der Waals surface area (Å²) in [6, 6.07) is 14.2. The third-order valence-electron chi connectivity index (χ3n) is 17.1. The maximum Gasteiger partial charge on any atom is 0.407 e. The first-order chi connectivity index (χ1) is 63.0. The molecule has 0 aliphatic heterocycles. The van der Waals surface area contributed by atoms with Gasteiger partial charge in [-0.3, -0.25) is 19.2 Å². The number of aromatic nitrogens is 8. The van der Waals surface area contributed by atoms with Crippen molar-refractivity contribution in [3.8, 4) is 22.8 Å². The van der Waals surface area contributed by atoms with Gasteiger partial charge in [0, 0.05) is 99.5 Å². The summed E-state index contributed by atoms with van der Waals surface area (Å²) < 4.78 is 113. The van der Waals surface area contributed by atoms with Crippen LogP contribution in [0, 0.1) is 13.8 Å². The summed E-state index contributed by atoms with van der Waals surface area (Å²) in [5.74, 6) is 1.11. The molecule has 0 bridgehead atoms. The molecule has 2 aromatic heterocycles. The van der Waals surface area contributed by atoms with Gasteiger partial charge in [-0.2, -0.15) is 0 Å². The number of benzene rings is 2.